The third-order valence-corrected chi connectivity index (χ3v) is 3.05. The summed E-state index contributed by atoms with van der Waals surface area (Å²) >= 11 is 0. The van der Waals surface area contributed by atoms with Gasteiger partial charge in [0.05, 0.1) is 12.4 Å². The number of nitrogens with zero attached hydrogens (tertiary/aromatic N) is 1. The zero-order valence-corrected chi connectivity index (χ0v) is 12.7. The van der Waals surface area contributed by atoms with E-state index in [2.05, 4.69) is 20.6 Å². The first-order valence-corrected chi connectivity index (χ1v) is 7.03. The van der Waals surface area contributed by atoms with E-state index in [-0.39, 0.29) is 19.4 Å². The largest absolute Gasteiger partial charge is 0.480 e. The van der Waals surface area contributed by atoms with Crippen LogP contribution >= 0.6 is 0 Å². The molecule has 0 bridgehead atoms. The van der Waals surface area contributed by atoms with Crippen molar-refractivity contribution in [3.8, 4) is 0 Å². The fourth-order valence-corrected chi connectivity index (χ4v) is 1.87. The van der Waals surface area contributed by atoms with Crippen molar-refractivity contribution in [3.05, 3.63) is 18.2 Å². The molecule has 0 saturated heterocycles. The van der Waals surface area contributed by atoms with E-state index in [1.807, 2.05) is 0 Å². The van der Waals surface area contributed by atoms with Crippen LogP contribution in [0.15, 0.2) is 12.5 Å². The van der Waals surface area contributed by atoms with E-state index in [0.29, 0.717) is 5.69 Å². The first-order valence-electron chi connectivity index (χ1n) is 7.03. The van der Waals surface area contributed by atoms with Crippen LogP contribution in [0.1, 0.15) is 19.0 Å². The molecule has 0 unspecified atom stereocenters. The highest BCUT2D eigenvalue weighted by atomic mass is 16.4. The molecule has 0 fully saturated rings. The standard InChI is InChI=1S/C13H21N5O5/c1-7(19)11(13(22)23)18-12(21)9(17-10(20)2-3-14)4-8-5-15-6-16-8/h5-7,9,11,19H,2-4,14H2,1H3,(H,15,16)(H,17,20)(H,18,21)(H,22,23)/t7-,9+,11+/m1/s1. The lowest BCUT2D eigenvalue weighted by molar-refractivity contribution is -0.145. The number of aliphatic carboxylic acids is 1. The van der Waals surface area contributed by atoms with Crippen LogP contribution < -0.4 is 16.4 Å². The minimum atomic E-state index is -1.47. The smallest absolute Gasteiger partial charge is 0.328 e. The van der Waals surface area contributed by atoms with Gasteiger partial charge in [0.2, 0.25) is 11.8 Å². The lowest BCUT2D eigenvalue weighted by atomic mass is 10.1. The molecule has 10 heteroatoms. The van der Waals surface area contributed by atoms with Gasteiger partial charge in [-0.3, -0.25) is 9.59 Å². The predicted octanol–water partition coefficient (Wildman–Crippen LogP) is -2.26. The number of carboxylic acid groups (broad SMARTS) is 1. The Kier molecular flexibility index (Phi) is 7.16. The van der Waals surface area contributed by atoms with Crippen molar-refractivity contribution >= 4 is 17.8 Å². The number of amides is 2. The zero-order valence-electron chi connectivity index (χ0n) is 12.7. The topological polar surface area (TPSA) is 170 Å². The Labute approximate surface area is 132 Å². The molecule has 1 aromatic heterocycles. The molecule has 7 N–H and O–H groups in total. The van der Waals surface area contributed by atoms with Gasteiger partial charge in [-0.05, 0) is 6.92 Å². The van der Waals surface area contributed by atoms with Crippen LogP contribution in [0.5, 0.6) is 0 Å². The number of hydrogen-bond donors (Lipinski definition) is 6. The van der Waals surface area contributed by atoms with Gasteiger partial charge in [0, 0.05) is 31.3 Å². The molecule has 0 aromatic carbocycles. The molecule has 0 aliphatic carbocycles. The van der Waals surface area contributed by atoms with E-state index in [0.717, 1.165) is 0 Å². The number of aliphatic hydroxyl groups is 1. The minimum Gasteiger partial charge on any atom is -0.480 e. The van der Waals surface area contributed by atoms with Crippen LogP contribution in [0.25, 0.3) is 0 Å². The van der Waals surface area contributed by atoms with Crippen molar-refractivity contribution in [2.45, 2.75) is 38.0 Å². The van der Waals surface area contributed by atoms with E-state index >= 15 is 0 Å². The maximum Gasteiger partial charge on any atom is 0.328 e. The number of imidazole rings is 1. The van der Waals surface area contributed by atoms with E-state index in [1.165, 1.54) is 19.4 Å². The SMILES string of the molecule is C[C@@H](O)[C@H](NC(=O)[C@H](Cc1cnc[nH]1)NC(=O)CCN)C(=O)O. The molecule has 128 valence electrons. The van der Waals surface area contributed by atoms with Crippen molar-refractivity contribution in [1.29, 1.82) is 0 Å². The van der Waals surface area contributed by atoms with Gasteiger partial charge in [0.1, 0.15) is 6.04 Å². The lowest BCUT2D eigenvalue weighted by Crippen LogP contribution is -2.55. The van der Waals surface area contributed by atoms with E-state index in [4.69, 9.17) is 10.8 Å². The van der Waals surface area contributed by atoms with Crippen molar-refractivity contribution in [1.82, 2.24) is 20.6 Å². The van der Waals surface area contributed by atoms with Crippen molar-refractivity contribution < 1.29 is 24.6 Å². The number of nitrogens with two attached hydrogens (primary N) is 1. The quantitative estimate of drug-likeness (QED) is 0.297. The fourth-order valence-electron chi connectivity index (χ4n) is 1.87. The second-order valence-corrected chi connectivity index (χ2v) is 5.00. The van der Waals surface area contributed by atoms with Gasteiger partial charge < -0.3 is 31.6 Å². The molecule has 1 heterocycles. The van der Waals surface area contributed by atoms with Gasteiger partial charge in [-0.2, -0.15) is 0 Å². The summed E-state index contributed by atoms with van der Waals surface area (Å²) in [7, 11) is 0. The highest BCUT2D eigenvalue weighted by molar-refractivity contribution is 5.90. The summed E-state index contributed by atoms with van der Waals surface area (Å²) in [6.45, 7) is 1.37. The second kappa shape index (κ2) is 8.86. The summed E-state index contributed by atoms with van der Waals surface area (Å²) in [6.07, 6.45) is 1.74. The summed E-state index contributed by atoms with van der Waals surface area (Å²) in [5, 5.41) is 23.1. The van der Waals surface area contributed by atoms with Crippen molar-refractivity contribution in [3.63, 3.8) is 0 Å². The van der Waals surface area contributed by atoms with Crippen LogP contribution in [0.3, 0.4) is 0 Å². The molecule has 1 rings (SSSR count). The molecule has 0 radical (unpaired) electrons. The lowest BCUT2D eigenvalue weighted by Gasteiger charge is -2.22. The van der Waals surface area contributed by atoms with Gasteiger partial charge in [0.25, 0.3) is 0 Å². The number of carbonyl (C=O) groups excluding carboxylic acids is 2. The molecule has 0 aliphatic rings. The van der Waals surface area contributed by atoms with E-state index in [9.17, 15) is 19.5 Å². The number of H-pyrrole nitrogens is 1. The molecule has 1 aromatic rings. The Balaban J connectivity index is 2.82. The van der Waals surface area contributed by atoms with Gasteiger partial charge in [-0.25, -0.2) is 9.78 Å². The number of aliphatic hydroxyl groups excluding tert-OH is 1. The summed E-state index contributed by atoms with van der Waals surface area (Å²) in [5.41, 5.74) is 5.87. The number of aromatic amines is 1. The van der Waals surface area contributed by atoms with Gasteiger partial charge >= 0.3 is 5.97 Å². The summed E-state index contributed by atoms with van der Waals surface area (Å²) in [5.74, 6) is -2.53. The highest BCUT2D eigenvalue weighted by Gasteiger charge is 2.29. The summed E-state index contributed by atoms with van der Waals surface area (Å²) in [6, 6.07) is -2.49. The van der Waals surface area contributed by atoms with Gasteiger partial charge in [0.15, 0.2) is 6.04 Å². The monoisotopic (exact) mass is 327 g/mol. The fraction of sp³-hybridized carbons (Fsp3) is 0.538. The maximum absolute atomic E-state index is 12.3. The average molecular weight is 327 g/mol. The Morgan fingerprint density at radius 1 is 1.39 bits per heavy atom. The summed E-state index contributed by atoms with van der Waals surface area (Å²) < 4.78 is 0. The normalized spacial score (nSPS) is 14.6. The van der Waals surface area contributed by atoms with Crippen LogP contribution in [-0.2, 0) is 20.8 Å². The number of carboxylic acids is 1. The number of rotatable bonds is 9. The molecular weight excluding hydrogens is 306 g/mol. The van der Waals surface area contributed by atoms with E-state index < -0.39 is 36.0 Å². The number of carbonyl (C=O) groups is 3. The Bertz CT molecular complexity index is 531. The Morgan fingerprint density at radius 3 is 2.57 bits per heavy atom. The molecule has 23 heavy (non-hydrogen) atoms. The molecular formula is C13H21N5O5. The third kappa shape index (κ3) is 6.04. The van der Waals surface area contributed by atoms with Gasteiger partial charge in [-0.15, -0.1) is 0 Å². The van der Waals surface area contributed by atoms with Crippen LogP contribution in [0.4, 0.5) is 0 Å². The Morgan fingerprint density at radius 2 is 2.09 bits per heavy atom. The van der Waals surface area contributed by atoms with Crippen LogP contribution in [0, 0.1) is 0 Å². The number of hydrogen-bond acceptors (Lipinski definition) is 6. The van der Waals surface area contributed by atoms with Gasteiger partial charge in [-0.1, -0.05) is 0 Å². The molecule has 3 atom stereocenters. The van der Waals surface area contributed by atoms with Crippen molar-refractivity contribution in [2.24, 2.45) is 5.73 Å². The first kappa shape index (κ1) is 18.6. The number of aromatic nitrogens is 2. The molecule has 0 saturated carbocycles. The number of nitrogens with one attached hydrogen (secondary N) is 3. The average Bonchev–Trinajstić information content (AvgIpc) is 2.96. The highest BCUT2D eigenvalue weighted by Crippen LogP contribution is 2.02. The van der Waals surface area contributed by atoms with Crippen molar-refractivity contribution in [2.75, 3.05) is 6.54 Å². The molecule has 2 amide bonds. The molecule has 0 spiro atoms. The first-order chi connectivity index (χ1) is 10.8. The summed E-state index contributed by atoms with van der Waals surface area (Å²) in [4.78, 5) is 41.6. The molecule has 0 aliphatic heterocycles. The zero-order chi connectivity index (χ0) is 17.4. The predicted molar refractivity (Wildman–Crippen MR) is 79.1 cm³/mol. The molecule has 10 nitrogen and oxygen atoms in total. The van der Waals surface area contributed by atoms with Crippen LogP contribution in [0.2, 0.25) is 0 Å². The second-order valence-electron chi connectivity index (χ2n) is 5.00. The maximum atomic E-state index is 12.3. The minimum absolute atomic E-state index is 0.0333. The van der Waals surface area contributed by atoms with Crippen LogP contribution in [-0.4, -0.2) is 62.7 Å². The van der Waals surface area contributed by atoms with E-state index in [1.54, 1.807) is 0 Å². The Hall–Kier alpha value is -2.46. The third-order valence-electron chi connectivity index (χ3n) is 3.05.